The van der Waals surface area contributed by atoms with Gasteiger partial charge in [0.1, 0.15) is 0 Å². The molecule has 0 bridgehead atoms. The number of carbonyl (C=O) groups is 1. The van der Waals surface area contributed by atoms with Crippen LogP contribution in [0.25, 0.3) is 0 Å². The van der Waals surface area contributed by atoms with Crippen molar-refractivity contribution in [3.63, 3.8) is 0 Å². The van der Waals surface area contributed by atoms with Crippen LogP contribution in [0.2, 0.25) is 0 Å². The summed E-state index contributed by atoms with van der Waals surface area (Å²) in [5, 5.41) is 3.06. The molecule has 4 nitrogen and oxygen atoms in total. The van der Waals surface area contributed by atoms with Crippen LogP contribution in [0.3, 0.4) is 0 Å². The molecule has 2 atom stereocenters. The van der Waals surface area contributed by atoms with Crippen molar-refractivity contribution < 1.29 is 4.79 Å². The average molecular weight is 281 g/mol. The molecule has 0 saturated carbocycles. The SMILES string of the molecule is Cc1nc(C2C(N)CCCC(=O)N2C(C)(C)C)cs1. The molecule has 2 rings (SSSR count). The van der Waals surface area contributed by atoms with Gasteiger partial charge in [-0.2, -0.15) is 0 Å². The largest absolute Gasteiger partial charge is 0.328 e. The van der Waals surface area contributed by atoms with Crippen molar-refractivity contribution in [2.24, 2.45) is 5.73 Å². The first-order chi connectivity index (χ1) is 8.80. The highest BCUT2D eigenvalue weighted by atomic mass is 32.1. The van der Waals surface area contributed by atoms with Crippen LogP contribution in [-0.4, -0.2) is 27.4 Å². The molecule has 1 amide bonds. The Morgan fingerprint density at radius 2 is 2.16 bits per heavy atom. The second-order valence-corrected chi connectivity index (χ2v) is 7.29. The lowest BCUT2D eigenvalue weighted by Crippen LogP contribution is -2.51. The quantitative estimate of drug-likeness (QED) is 0.861. The summed E-state index contributed by atoms with van der Waals surface area (Å²) in [5.74, 6) is 0.191. The second kappa shape index (κ2) is 5.21. The molecule has 1 aromatic rings. The minimum atomic E-state index is -0.235. The third-order valence-electron chi connectivity index (χ3n) is 3.54. The number of hydrogen-bond acceptors (Lipinski definition) is 4. The maximum absolute atomic E-state index is 12.4. The lowest BCUT2D eigenvalue weighted by Gasteiger charge is -2.42. The maximum atomic E-state index is 12.4. The van der Waals surface area contributed by atoms with Gasteiger partial charge in [-0.15, -0.1) is 11.3 Å². The molecule has 1 saturated heterocycles. The Bertz CT molecular complexity index is 464. The van der Waals surface area contributed by atoms with E-state index >= 15 is 0 Å². The van der Waals surface area contributed by atoms with E-state index in [9.17, 15) is 4.79 Å². The Morgan fingerprint density at radius 1 is 1.47 bits per heavy atom. The van der Waals surface area contributed by atoms with Crippen LogP contribution >= 0.6 is 11.3 Å². The molecule has 5 heteroatoms. The van der Waals surface area contributed by atoms with E-state index in [1.54, 1.807) is 11.3 Å². The van der Waals surface area contributed by atoms with Crippen molar-refractivity contribution in [2.75, 3.05) is 0 Å². The zero-order valence-corrected chi connectivity index (χ0v) is 13.0. The Morgan fingerprint density at radius 3 is 2.68 bits per heavy atom. The molecule has 0 aromatic carbocycles. The summed E-state index contributed by atoms with van der Waals surface area (Å²) >= 11 is 1.62. The molecule has 1 aliphatic rings. The number of aryl methyl sites for hydroxylation is 1. The predicted molar refractivity (Wildman–Crippen MR) is 78.0 cm³/mol. The van der Waals surface area contributed by atoms with E-state index in [2.05, 4.69) is 25.8 Å². The van der Waals surface area contributed by atoms with Gasteiger partial charge in [0, 0.05) is 23.4 Å². The van der Waals surface area contributed by atoms with Gasteiger partial charge >= 0.3 is 0 Å². The van der Waals surface area contributed by atoms with Gasteiger partial charge in [-0.05, 0) is 40.5 Å². The van der Waals surface area contributed by atoms with Gasteiger partial charge in [0.15, 0.2) is 0 Å². The van der Waals surface area contributed by atoms with Crippen LogP contribution in [0.5, 0.6) is 0 Å². The molecule has 1 aliphatic heterocycles. The Labute approximate surface area is 119 Å². The molecule has 0 radical (unpaired) electrons. The fraction of sp³-hybridized carbons (Fsp3) is 0.714. The number of nitrogens with zero attached hydrogens (tertiary/aromatic N) is 2. The molecule has 106 valence electrons. The number of thiazole rings is 1. The molecule has 2 unspecified atom stereocenters. The third-order valence-corrected chi connectivity index (χ3v) is 4.33. The Balaban J connectivity index is 2.45. The first-order valence-electron chi connectivity index (χ1n) is 6.80. The van der Waals surface area contributed by atoms with Crippen molar-refractivity contribution in [2.45, 2.75) is 64.6 Å². The molecule has 1 fully saturated rings. The number of carbonyl (C=O) groups excluding carboxylic acids is 1. The minimum Gasteiger partial charge on any atom is -0.328 e. The molecule has 2 N–H and O–H groups in total. The van der Waals surface area contributed by atoms with Crippen LogP contribution in [0.1, 0.15) is 56.8 Å². The molecule has 1 aromatic heterocycles. The summed E-state index contributed by atoms with van der Waals surface area (Å²) in [6, 6.07) is -0.132. The Hall–Kier alpha value is -0.940. The van der Waals surface area contributed by atoms with E-state index in [1.165, 1.54) is 0 Å². The van der Waals surface area contributed by atoms with E-state index in [4.69, 9.17) is 5.73 Å². The molecule has 2 heterocycles. The lowest BCUT2D eigenvalue weighted by atomic mass is 9.96. The highest BCUT2D eigenvalue weighted by Gasteiger charge is 2.39. The zero-order chi connectivity index (χ0) is 14.2. The number of hydrogen-bond donors (Lipinski definition) is 1. The standard InChI is InChI=1S/C14H23N3OS/c1-9-16-11(8-19-9)13-10(15)6-5-7-12(18)17(13)14(2,3)4/h8,10,13H,5-7,15H2,1-4H3. The van der Waals surface area contributed by atoms with Crippen LogP contribution in [0.15, 0.2) is 5.38 Å². The van der Waals surface area contributed by atoms with Gasteiger partial charge in [0.2, 0.25) is 5.91 Å². The van der Waals surface area contributed by atoms with Crippen LogP contribution < -0.4 is 5.73 Å². The van der Waals surface area contributed by atoms with Gasteiger partial charge in [-0.3, -0.25) is 4.79 Å². The van der Waals surface area contributed by atoms with Crippen molar-refractivity contribution in [3.8, 4) is 0 Å². The highest BCUT2D eigenvalue weighted by molar-refractivity contribution is 7.09. The Kier molecular flexibility index (Phi) is 3.97. The smallest absolute Gasteiger partial charge is 0.223 e. The second-order valence-electron chi connectivity index (χ2n) is 6.23. The maximum Gasteiger partial charge on any atom is 0.223 e. The molecule has 0 spiro atoms. The van der Waals surface area contributed by atoms with Crippen molar-refractivity contribution in [3.05, 3.63) is 16.1 Å². The molecule has 19 heavy (non-hydrogen) atoms. The fourth-order valence-electron chi connectivity index (χ4n) is 2.77. The highest BCUT2D eigenvalue weighted by Crippen LogP contribution is 2.35. The summed E-state index contributed by atoms with van der Waals surface area (Å²) in [7, 11) is 0. The zero-order valence-electron chi connectivity index (χ0n) is 12.1. The van der Waals surface area contributed by atoms with Gasteiger partial charge in [0.25, 0.3) is 0 Å². The van der Waals surface area contributed by atoms with E-state index in [-0.39, 0.29) is 23.5 Å². The summed E-state index contributed by atoms with van der Waals surface area (Å²) in [6.07, 6.45) is 2.33. The number of nitrogens with two attached hydrogens (primary N) is 1. The lowest BCUT2D eigenvalue weighted by molar-refractivity contribution is -0.139. The fourth-order valence-corrected chi connectivity index (χ4v) is 3.41. The van der Waals surface area contributed by atoms with Crippen molar-refractivity contribution in [1.29, 1.82) is 0 Å². The number of aromatic nitrogens is 1. The summed E-state index contributed by atoms with van der Waals surface area (Å²) in [4.78, 5) is 19.0. The first-order valence-corrected chi connectivity index (χ1v) is 7.68. The molecular formula is C14H23N3OS. The predicted octanol–water partition coefficient (Wildman–Crippen LogP) is 2.63. The van der Waals surface area contributed by atoms with Gasteiger partial charge in [-0.25, -0.2) is 4.98 Å². The minimum absolute atomic E-state index is 0.0350. The number of likely N-dealkylation sites (tertiary alicyclic amines) is 1. The van der Waals surface area contributed by atoms with Crippen molar-refractivity contribution >= 4 is 17.2 Å². The molecule has 0 aliphatic carbocycles. The van der Waals surface area contributed by atoms with Gasteiger partial charge < -0.3 is 10.6 Å². The van der Waals surface area contributed by atoms with E-state index < -0.39 is 0 Å². The number of amides is 1. The van der Waals surface area contributed by atoms with Gasteiger partial charge in [-0.1, -0.05) is 0 Å². The van der Waals surface area contributed by atoms with Gasteiger partial charge in [0.05, 0.1) is 16.7 Å². The summed E-state index contributed by atoms with van der Waals surface area (Å²) in [5.41, 5.74) is 7.05. The third kappa shape index (κ3) is 2.98. The van der Waals surface area contributed by atoms with Crippen LogP contribution in [0, 0.1) is 6.92 Å². The topological polar surface area (TPSA) is 59.2 Å². The average Bonchev–Trinajstić information content (AvgIpc) is 2.63. The van der Waals surface area contributed by atoms with Crippen LogP contribution in [0.4, 0.5) is 0 Å². The van der Waals surface area contributed by atoms with E-state index in [1.807, 2.05) is 17.2 Å². The first kappa shape index (κ1) is 14.5. The van der Waals surface area contributed by atoms with Crippen molar-refractivity contribution in [1.82, 2.24) is 9.88 Å². The normalized spacial score (nSPS) is 25.5. The molecular weight excluding hydrogens is 258 g/mol. The summed E-state index contributed by atoms with van der Waals surface area (Å²) in [6.45, 7) is 8.18. The van der Waals surface area contributed by atoms with E-state index in [0.29, 0.717) is 6.42 Å². The monoisotopic (exact) mass is 281 g/mol. The number of rotatable bonds is 1. The van der Waals surface area contributed by atoms with E-state index in [0.717, 1.165) is 23.5 Å². The van der Waals surface area contributed by atoms with Crippen LogP contribution in [-0.2, 0) is 4.79 Å². The summed E-state index contributed by atoms with van der Waals surface area (Å²) < 4.78 is 0.